The second kappa shape index (κ2) is 2.87. The molecule has 1 aromatic heterocycles. The molecule has 1 aromatic rings. The quantitative estimate of drug-likeness (QED) is 0.435. The number of halogens is 2. The Hall–Kier alpha value is -0.780. The van der Waals surface area contributed by atoms with Gasteiger partial charge in [0, 0.05) is 0 Å². The van der Waals surface area contributed by atoms with E-state index in [0.29, 0.717) is 5.69 Å². The van der Waals surface area contributed by atoms with Crippen LogP contribution in [0.1, 0.15) is 0 Å². The third-order valence-electron chi connectivity index (χ3n) is 0.877. The molecule has 2 nitrogen and oxygen atoms in total. The van der Waals surface area contributed by atoms with E-state index in [4.69, 9.17) is 29.8 Å². The van der Waals surface area contributed by atoms with Crippen molar-refractivity contribution in [3.8, 4) is 0 Å². The minimum absolute atomic E-state index is 0.249. The van der Waals surface area contributed by atoms with Crippen LogP contribution in [-0.2, 0) is 0 Å². The van der Waals surface area contributed by atoms with Gasteiger partial charge in [0.05, 0.1) is 6.57 Å². The summed E-state index contributed by atoms with van der Waals surface area (Å²) >= 11 is 11.0. The van der Waals surface area contributed by atoms with Crippen LogP contribution in [0.25, 0.3) is 4.85 Å². The van der Waals surface area contributed by atoms with Gasteiger partial charge >= 0.3 is 0 Å². The third-order valence-corrected chi connectivity index (χ3v) is 1.26. The molecule has 10 heavy (non-hydrogen) atoms. The van der Waals surface area contributed by atoms with Crippen molar-refractivity contribution in [2.45, 2.75) is 0 Å². The summed E-state index contributed by atoms with van der Waals surface area (Å²) in [5.41, 5.74) is 0.407. The zero-order valence-electron chi connectivity index (χ0n) is 4.81. The normalized spacial score (nSPS) is 8.90. The highest BCUT2D eigenvalue weighted by Gasteiger charge is 1.96. The van der Waals surface area contributed by atoms with E-state index in [1.807, 2.05) is 0 Å². The Labute approximate surface area is 68.2 Å². The lowest BCUT2D eigenvalue weighted by atomic mass is 10.4. The first-order chi connectivity index (χ1) is 4.72. The fraction of sp³-hybridized carbons (Fsp3) is 0. The van der Waals surface area contributed by atoms with Crippen LogP contribution in [0, 0.1) is 6.57 Å². The summed E-state index contributed by atoms with van der Waals surface area (Å²) in [6.45, 7) is 6.62. The van der Waals surface area contributed by atoms with Crippen molar-refractivity contribution < 1.29 is 0 Å². The summed E-state index contributed by atoms with van der Waals surface area (Å²) in [4.78, 5) is 6.80. The van der Waals surface area contributed by atoms with E-state index in [1.165, 1.54) is 12.1 Å². The standard InChI is InChI=1S/C6H2Cl2N2/c1-9-4-2-5(7)10-6(8)3-4/h2-3H. The summed E-state index contributed by atoms with van der Waals surface area (Å²) in [5.74, 6) is 0. The summed E-state index contributed by atoms with van der Waals surface area (Å²) in [6.07, 6.45) is 0. The molecule has 1 heterocycles. The Bertz CT molecular complexity index is 270. The van der Waals surface area contributed by atoms with E-state index in [-0.39, 0.29) is 10.3 Å². The number of pyridine rings is 1. The first-order valence-electron chi connectivity index (χ1n) is 2.43. The molecule has 0 aromatic carbocycles. The topological polar surface area (TPSA) is 17.2 Å². The smallest absolute Gasteiger partial charge is 0.193 e. The number of rotatable bonds is 0. The molecule has 1 rings (SSSR count). The van der Waals surface area contributed by atoms with Crippen molar-refractivity contribution in [3.05, 3.63) is 33.9 Å². The van der Waals surface area contributed by atoms with Crippen LogP contribution in [0.4, 0.5) is 5.69 Å². The van der Waals surface area contributed by atoms with Gasteiger partial charge in [-0.1, -0.05) is 23.2 Å². The van der Waals surface area contributed by atoms with Crippen molar-refractivity contribution >= 4 is 28.9 Å². The summed E-state index contributed by atoms with van der Waals surface area (Å²) < 4.78 is 0. The van der Waals surface area contributed by atoms with Gasteiger partial charge in [-0.15, -0.1) is 0 Å². The maximum absolute atomic E-state index is 6.62. The van der Waals surface area contributed by atoms with Crippen molar-refractivity contribution in [2.24, 2.45) is 0 Å². The summed E-state index contributed by atoms with van der Waals surface area (Å²) in [7, 11) is 0. The second-order valence-corrected chi connectivity index (χ2v) is 2.36. The Morgan fingerprint density at radius 2 is 1.80 bits per heavy atom. The predicted octanol–water partition coefficient (Wildman–Crippen LogP) is 2.94. The summed E-state index contributed by atoms with van der Waals surface area (Å²) in [6, 6.07) is 2.92. The molecule has 0 unspecified atom stereocenters. The van der Waals surface area contributed by atoms with E-state index in [9.17, 15) is 0 Å². The highest BCUT2D eigenvalue weighted by molar-refractivity contribution is 6.32. The van der Waals surface area contributed by atoms with Gasteiger partial charge in [0.25, 0.3) is 0 Å². The third kappa shape index (κ3) is 1.60. The number of hydrogen-bond acceptors (Lipinski definition) is 1. The maximum Gasteiger partial charge on any atom is 0.193 e. The molecule has 0 saturated carbocycles. The zero-order chi connectivity index (χ0) is 7.56. The molecule has 50 valence electrons. The van der Waals surface area contributed by atoms with Gasteiger partial charge in [-0.3, -0.25) is 0 Å². The van der Waals surface area contributed by atoms with Crippen LogP contribution in [0.15, 0.2) is 12.1 Å². The first kappa shape index (κ1) is 7.33. The van der Waals surface area contributed by atoms with Gasteiger partial charge in [0.15, 0.2) is 5.69 Å². The van der Waals surface area contributed by atoms with E-state index in [0.717, 1.165) is 0 Å². The monoisotopic (exact) mass is 172 g/mol. The molecule has 0 saturated heterocycles. The minimum Gasteiger partial charge on any atom is -0.238 e. The molecule has 0 bridgehead atoms. The lowest BCUT2D eigenvalue weighted by Crippen LogP contribution is -1.73. The van der Waals surface area contributed by atoms with E-state index in [2.05, 4.69) is 9.83 Å². The van der Waals surface area contributed by atoms with Gasteiger partial charge in [0.2, 0.25) is 0 Å². The van der Waals surface area contributed by atoms with Gasteiger partial charge in [0.1, 0.15) is 10.3 Å². The van der Waals surface area contributed by atoms with Gasteiger partial charge in [-0.2, -0.15) is 0 Å². The minimum atomic E-state index is 0.249. The van der Waals surface area contributed by atoms with Crippen LogP contribution in [0.5, 0.6) is 0 Å². The molecule has 0 amide bonds. The first-order valence-corrected chi connectivity index (χ1v) is 3.18. The maximum atomic E-state index is 6.62. The fourth-order valence-corrected chi connectivity index (χ4v) is 0.966. The Kier molecular flexibility index (Phi) is 2.10. The number of hydrogen-bond donors (Lipinski definition) is 0. The Balaban J connectivity index is 3.22. The molecule has 0 aliphatic carbocycles. The Morgan fingerprint density at radius 3 is 2.20 bits per heavy atom. The van der Waals surface area contributed by atoms with Crippen molar-refractivity contribution in [2.75, 3.05) is 0 Å². The molecule has 0 fully saturated rings. The van der Waals surface area contributed by atoms with Gasteiger partial charge in [-0.05, 0) is 12.1 Å². The van der Waals surface area contributed by atoms with Crippen LogP contribution in [0.2, 0.25) is 10.3 Å². The molecule has 0 spiro atoms. The average Bonchev–Trinajstić information content (AvgIpc) is 1.85. The van der Waals surface area contributed by atoms with Gasteiger partial charge < -0.3 is 0 Å². The molecule has 0 radical (unpaired) electrons. The zero-order valence-corrected chi connectivity index (χ0v) is 6.32. The van der Waals surface area contributed by atoms with Crippen LogP contribution >= 0.6 is 23.2 Å². The SMILES string of the molecule is [C-]#[N+]c1cc(Cl)nc(Cl)c1. The number of aromatic nitrogens is 1. The average molecular weight is 173 g/mol. The lowest BCUT2D eigenvalue weighted by Gasteiger charge is -1.91. The van der Waals surface area contributed by atoms with Crippen molar-refractivity contribution in [3.63, 3.8) is 0 Å². The summed E-state index contributed by atoms with van der Waals surface area (Å²) in [5, 5.41) is 0.497. The lowest BCUT2D eigenvalue weighted by molar-refractivity contribution is 1.33. The van der Waals surface area contributed by atoms with Crippen LogP contribution in [0.3, 0.4) is 0 Å². The molecule has 0 N–H and O–H groups in total. The van der Waals surface area contributed by atoms with E-state index < -0.39 is 0 Å². The predicted molar refractivity (Wildman–Crippen MR) is 40.5 cm³/mol. The van der Waals surface area contributed by atoms with Crippen LogP contribution in [-0.4, -0.2) is 4.98 Å². The Morgan fingerprint density at radius 1 is 1.30 bits per heavy atom. The highest BCUT2D eigenvalue weighted by atomic mass is 35.5. The molecule has 4 heteroatoms. The molecular weight excluding hydrogens is 171 g/mol. The molecule has 0 atom stereocenters. The number of nitrogens with zero attached hydrogens (tertiary/aromatic N) is 2. The van der Waals surface area contributed by atoms with E-state index >= 15 is 0 Å². The van der Waals surface area contributed by atoms with Crippen molar-refractivity contribution in [1.82, 2.24) is 4.98 Å². The largest absolute Gasteiger partial charge is 0.238 e. The van der Waals surface area contributed by atoms with Gasteiger partial charge in [-0.25, -0.2) is 9.83 Å². The second-order valence-electron chi connectivity index (χ2n) is 1.58. The van der Waals surface area contributed by atoms with E-state index in [1.54, 1.807) is 0 Å². The van der Waals surface area contributed by atoms with Crippen molar-refractivity contribution in [1.29, 1.82) is 0 Å². The highest BCUT2D eigenvalue weighted by Crippen LogP contribution is 2.20. The molecular formula is C6H2Cl2N2. The van der Waals surface area contributed by atoms with Crippen LogP contribution < -0.4 is 0 Å². The molecule has 0 aliphatic heterocycles. The fourth-order valence-electron chi connectivity index (χ4n) is 0.517. The molecule has 0 aliphatic rings.